The SMILES string of the molecule is CC[C@H](O)c1ccccc1Oc1cccc(C#N)c1. The van der Waals surface area contributed by atoms with Crippen LogP contribution in [0, 0.1) is 11.3 Å². The van der Waals surface area contributed by atoms with Crippen LogP contribution in [0.3, 0.4) is 0 Å². The zero-order chi connectivity index (χ0) is 13.7. The van der Waals surface area contributed by atoms with Gasteiger partial charge in [-0.3, -0.25) is 0 Å². The number of nitriles is 1. The Hall–Kier alpha value is -2.31. The predicted molar refractivity (Wildman–Crippen MR) is 72.9 cm³/mol. The highest BCUT2D eigenvalue weighted by atomic mass is 16.5. The Balaban J connectivity index is 2.30. The third kappa shape index (κ3) is 3.12. The lowest BCUT2D eigenvalue weighted by Crippen LogP contribution is -1.98. The molecular weight excluding hydrogens is 238 g/mol. The lowest BCUT2D eigenvalue weighted by atomic mass is 10.1. The summed E-state index contributed by atoms with van der Waals surface area (Å²) in [6.07, 6.45) is 0.0776. The summed E-state index contributed by atoms with van der Waals surface area (Å²) in [5.74, 6) is 1.21. The molecule has 0 fully saturated rings. The average molecular weight is 253 g/mol. The van der Waals surface area contributed by atoms with Crippen molar-refractivity contribution >= 4 is 0 Å². The number of benzene rings is 2. The Kier molecular flexibility index (Phi) is 4.17. The molecule has 2 aromatic carbocycles. The van der Waals surface area contributed by atoms with Crippen LogP contribution in [0.25, 0.3) is 0 Å². The van der Waals surface area contributed by atoms with Gasteiger partial charge in [0.1, 0.15) is 11.5 Å². The van der Waals surface area contributed by atoms with Crippen LogP contribution in [0.4, 0.5) is 0 Å². The van der Waals surface area contributed by atoms with Gasteiger partial charge in [0.15, 0.2) is 0 Å². The van der Waals surface area contributed by atoms with Crippen LogP contribution in [0.15, 0.2) is 48.5 Å². The largest absolute Gasteiger partial charge is 0.457 e. The van der Waals surface area contributed by atoms with Gasteiger partial charge in [-0.1, -0.05) is 31.2 Å². The molecule has 3 nitrogen and oxygen atoms in total. The maximum Gasteiger partial charge on any atom is 0.133 e. The molecule has 0 spiro atoms. The summed E-state index contributed by atoms with van der Waals surface area (Å²) in [7, 11) is 0. The van der Waals surface area contributed by atoms with Crippen LogP contribution in [-0.4, -0.2) is 5.11 Å². The van der Waals surface area contributed by atoms with E-state index in [0.717, 1.165) is 5.56 Å². The van der Waals surface area contributed by atoms with Crippen molar-refractivity contribution in [1.29, 1.82) is 5.26 Å². The normalized spacial score (nSPS) is 11.6. The van der Waals surface area contributed by atoms with Crippen molar-refractivity contribution in [2.75, 3.05) is 0 Å². The van der Waals surface area contributed by atoms with Gasteiger partial charge in [-0.15, -0.1) is 0 Å². The molecule has 2 rings (SSSR count). The van der Waals surface area contributed by atoms with E-state index in [9.17, 15) is 5.11 Å². The number of ether oxygens (including phenoxy) is 1. The van der Waals surface area contributed by atoms with E-state index in [2.05, 4.69) is 6.07 Å². The minimum absolute atomic E-state index is 0.546. The minimum atomic E-state index is -0.546. The molecule has 0 aliphatic carbocycles. The van der Waals surface area contributed by atoms with Crippen LogP contribution in [-0.2, 0) is 0 Å². The Labute approximate surface area is 112 Å². The molecule has 0 unspecified atom stereocenters. The first-order valence-electron chi connectivity index (χ1n) is 6.19. The molecule has 2 aromatic rings. The summed E-state index contributed by atoms with van der Waals surface area (Å²) in [4.78, 5) is 0. The number of aliphatic hydroxyl groups is 1. The van der Waals surface area contributed by atoms with Gasteiger partial charge in [0.05, 0.1) is 17.7 Å². The maximum atomic E-state index is 9.96. The third-order valence-electron chi connectivity index (χ3n) is 2.86. The fraction of sp³-hybridized carbons (Fsp3) is 0.188. The highest BCUT2D eigenvalue weighted by Crippen LogP contribution is 2.31. The summed E-state index contributed by atoms with van der Waals surface area (Å²) >= 11 is 0. The fourth-order valence-electron chi connectivity index (χ4n) is 1.82. The number of nitrogens with zero attached hydrogens (tertiary/aromatic N) is 1. The van der Waals surface area contributed by atoms with Gasteiger partial charge in [-0.05, 0) is 30.7 Å². The van der Waals surface area contributed by atoms with E-state index in [-0.39, 0.29) is 0 Å². The number of rotatable bonds is 4. The molecule has 0 aliphatic rings. The van der Waals surface area contributed by atoms with Gasteiger partial charge >= 0.3 is 0 Å². The number of hydrogen-bond acceptors (Lipinski definition) is 3. The Morgan fingerprint density at radius 3 is 2.74 bits per heavy atom. The number of para-hydroxylation sites is 1. The van der Waals surface area contributed by atoms with Gasteiger partial charge in [-0.2, -0.15) is 5.26 Å². The summed E-state index contributed by atoms with van der Waals surface area (Å²) in [5, 5.41) is 18.8. The van der Waals surface area contributed by atoms with E-state index in [4.69, 9.17) is 10.00 Å². The average Bonchev–Trinajstić information content (AvgIpc) is 2.47. The number of aliphatic hydroxyl groups excluding tert-OH is 1. The van der Waals surface area contributed by atoms with Crippen LogP contribution < -0.4 is 4.74 Å². The van der Waals surface area contributed by atoms with Crippen molar-refractivity contribution in [2.24, 2.45) is 0 Å². The second-order valence-electron chi connectivity index (χ2n) is 4.20. The van der Waals surface area contributed by atoms with E-state index in [1.54, 1.807) is 24.3 Å². The lowest BCUT2D eigenvalue weighted by molar-refractivity contribution is 0.170. The summed E-state index contributed by atoms with van der Waals surface area (Å²) in [6.45, 7) is 1.91. The number of hydrogen-bond donors (Lipinski definition) is 1. The molecule has 0 aliphatic heterocycles. The van der Waals surface area contributed by atoms with E-state index in [0.29, 0.717) is 23.5 Å². The van der Waals surface area contributed by atoms with Crippen molar-refractivity contribution in [3.63, 3.8) is 0 Å². The van der Waals surface area contributed by atoms with Crippen LogP contribution >= 0.6 is 0 Å². The zero-order valence-corrected chi connectivity index (χ0v) is 10.7. The van der Waals surface area contributed by atoms with Crippen LogP contribution in [0.1, 0.15) is 30.6 Å². The summed E-state index contributed by atoms with van der Waals surface area (Å²) in [6, 6.07) is 16.4. The third-order valence-corrected chi connectivity index (χ3v) is 2.86. The first-order chi connectivity index (χ1) is 9.24. The first-order valence-corrected chi connectivity index (χ1v) is 6.19. The molecule has 1 N–H and O–H groups in total. The quantitative estimate of drug-likeness (QED) is 0.901. The van der Waals surface area contributed by atoms with Gasteiger partial charge in [-0.25, -0.2) is 0 Å². The molecule has 0 amide bonds. The molecule has 0 radical (unpaired) electrons. The van der Waals surface area contributed by atoms with Gasteiger partial charge in [0.2, 0.25) is 0 Å². The highest BCUT2D eigenvalue weighted by Gasteiger charge is 2.11. The summed E-state index contributed by atoms with van der Waals surface area (Å²) in [5.41, 5.74) is 1.30. The molecule has 0 bridgehead atoms. The summed E-state index contributed by atoms with van der Waals surface area (Å²) < 4.78 is 5.76. The minimum Gasteiger partial charge on any atom is -0.457 e. The van der Waals surface area contributed by atoms with Crippen molar-refractivity contribution in [1.82, 2.24) is 0 Å². The van der Waals surface area contributed by atoms with Gasteiger partial charge in [0, 0.05) is 5.56 Å². The monoisotopic (exact) mass is 253 g/mol. The molecule has 96 valence electrons. The second-order valence-corrected chi connectivity index (χ2v) is 4.20. The van der Waals surface area contributed by atoms with Crippen molar-refractivity contribution < 1.29 is 9.84 Å². The molecule has 0 aromatic heterocycles. The van der Waals surface area contributed by atoms with Crippen molar-refractivity contribution in [3.05, 3.63) is 59.7 Å². The van der Waals surface area contributed by atoms with E-state index in [1.165, 1.54) is 0 Å². The predicted octanol–water partition coefficient (Wildman–Crippen LogP) is 3.79. The molecule has 3 heteroatoms. The molecule has 19 heavy (non-hydrogen) atoms. The topological polar surface area (TPSA) is 53.2 Å². The van der Waals surface area contributed by atoms with E-state index in [1.807, 2.05) is 31.2 Å². The van der Waals surface area contributed by atoms with Gasteiger partial charge in [0.25, 0.3) is 0 Å². The first kappa shape index (κ1) is 13.1. The molecule has 0 saturated heterocycles. The van der Waals surface area contributed by atoms with E-state index >= 15 is 0 Å². The molecule has 0 saturated carbocycles. The second kappa shape index (κ2) is 6.03. The zero-order valence-electron chi connectivity index (χ0n) is 10.7. The molecule has 1 atom stereocenters. The molecule has 0 heterocycles. The van der Waals surface area contributed by atoms with Crippen molar-refractivity contribution in [3.8, 4) is 17.6 Å². The maximum absolute atomic E-state index is 9.96. The van der Waals surface area contributed by atoms with Crippen molar-refractivity contribution in [2.45, 2.75) is 19.4 Å². The Morgan fingerprint density at radius 2 is 2.00 bits per heavy atom. The van der Waals surface area contributed by atoms with E-state index < -0.39 is 6.10 Å². The highest BCUT2D eigenvalue weighted by molar-refractivity contribution is 5.42. The van der Waals surface area contributed by atoms with Gasteiger partial charge < -0.3 is 9.84 Å². The fourth-order valence-corrected chi connectivity index (χ4v) is 1.82. The Bertz CT molecular complexity index is 602. The molecular formula is C16H15NO2. The van der Waals surface area contributed by atoms with Crippen LogP contribution in [0.5, 0.6) is 11.5 Å². The standard InChI is InChI=1S/C16H15NO2/c1-2-15(18)14-8-3-4-9-16(14)19-13-7-5-6-12(10-13)11-17/h3-10,15,18H,2H2,1H3/t15-/m0/s1. The smallest absolute Gasteiger partial charge is 0.133 e. The Morgan fingerprint density at radius 1 is 1.21 bits per heavy atom. The lowest BCUT2D eigenvalue weighted by Gasteiger charge is -2.14. The van der Waals surface area contributed by atoms with Crippen LogP contribution in [0.2, 0.25) is 0 Å².